The molecule has 1 atom stereocenters. The highest BCUT2D eigenvalue weighted by Gasteiger charge is 2.41. The molecule has 0 aromatic carbocycles. The average molecular weight is 188 g/mol. The van der Waals surface area contributed by atoms with Crippen molar-refractivity contribution in [3.8, 4) is 0 Å². The summed E-state index contributed by atoms with van der Waals surface area (Å²) in [5.41, 5.74) is -0.950. The molecule has 76 valence electrons. The van der Waals surface area contributed by atoms with Gasteiger partial charge in [0.05, 0.1) is 5.41 Å². The molecule has 1 aliphatic rings. The fraction of sp³-hybridized carbons (Fsp3) is 0.750. The number of imide groups is 1. The van der Waals surface area contributed by atoms with Crippen molar-refractivity contribution in [2.45, 2.75) is 33.9 Å². The van der Waals surface area contributed by atoms with E-state index in [0.29, 0.717) is 0 Å². The lowest BCUT2D eigenvalue weighted by Gasteiger charge is -2.33. The fourth-order valence-corrected chi connectivity index (χ4v) is 0.729. The summed E-state index contributed by atoms with van der Waals surface area (Å²) in [6.45, 7) is 7.10. The summed E-state index contributed by atoms with van der Waals surface area (Å²) < 4.78 is 0. The summed E-state index contributed by atoms with van der Waals surface area (Å²) >= 11 is 0. The first kappa shape index (κ1) is 11.9. The maximum Gasteiger partial charge on any atom is 0.323 e. The third kappa shape index (κ3) is 2.42. The molecule has 1 unspecified atom stereocenters. The predicted octanol–water partition coefficient (Wildman–Crippen LogP) is 0.197. The van der Waals surface area contributed by atoms with Gasteiger partial charge >= 0.3 is 6.03 Å². The second-order valence-electron chi connectivity index (χ2n) is 3.05. The number of hydrogen-bond acceptors (Lipinski definition) is 3. The van der Waals surface area contributed by atoms with Crippen LogP contribution in [0.2, 0.25) is 0 Å². The van der Waals surface area contributed by atoms with E-state index in [-0.39, 0.29) is 0 Å². The summed E-state index contributed by atoms with van der Waals surface area (Å²) in [7, 11) is 0. The van der Waals surface area contributed by atoms with E-state index in [1.54, 1.807) is 13.8 Å². The summed E-state index contributed by atoms with van der Waals surface area (Å²) in [6, 6.07) is -0.651. The third-order valence-corrected chi connectivity index (χ3v) is 1.76. The quantitative estimate of drug-likeness (QED) is 0.508. The van der Waals surface area contributed by atoms with Gasteiger partial charge in [-0.15, -0.1) is 0 Å². The second-order valence-corrected chi connectivity index (χ2v) is 3.05. The number of amides is 3. The average Bonchev–Trinajstić information content (AvgIpc) is 2.05. The fourth-order valence-electron chi connectivity index (χ4n) is 0.729. The molecule has 0 saturated carbocycles. The molecule has 5 nitrogen and oxygen atoms in total. The molecule has 1 fully saturated rings. The Morgan fingerprint density at radius 1 is 1.31 bits per heavy atom. The molecule has 1 heterocycles. The summed E-state index contributed by atoms with van der Waals surface area (Å²) in [5, 5.41) is 13.4. The van der Waals surface area contributed by atoms with Crippen molar-refractivity contribution >= 4 is 11.9 Å². The monoisotopic (exact) mass is 188 g/mol. The molecular weight excluding hydrogens is 172 g/mol. The van der Waals surface area contributed by atoms with Crippen LogP contribution in [0, 0.1) is 5.41 Å². The Hall–Kier alpha value is -1.10. The molecule has 1 rings (SSSR count). The zero-order valence-electron chi connectivity index (χ0n) is 8.34. The molecule has 3 amide bonds. The highest BCUT2D eigenvalue weighted by atomic mass is 16.3. The smallest absolute Gasteiger partial charge is 0.323 e. The molecule has 0 aromatic rings. The van der Waals surface area contributed by atoms with E-state index in [1.807, 2.05) is 13.8 Å². The summed E-state index contributed by atoms with van der Waals surface area (Å²) in [6.07, 6.45) is -1.11. The minimum absolute atomic E-state index is 0.464. The van der Waals surface area contributed by atoms with Gasteiger partial charge in [0.2, 0.25) is 5.91 Å². The zero-order valence-corrected chi connectivity index (χ0v) is 8.34. The van der Waals surface area contributed by atoms with Gasteiger partial charge in [-0.05, 0) is 13.8 Å². The summed E-state index contributed by atoms with van der Waals surface area (Å²) in [5.74, 6) is -0.464. The van der Waals surface area contributed by atoms with Gasteiger partial charge in [0.25, 0.3) is 0 Å². The van der Waals surface area contributed by atoms with E-state index >= 15 is 0 Å². The van der Waals surface area contributed by atoms with Crippen molar-refractivity contribution in [3.05, 3.63) is 0 Å². The Kier molecular flexibility index (Phi) is 3.87. The van der Waals surface area contributed by atoms with Gasteiger partial charge in [-0.1, -0.05) is 13.8 Å². The van der Waals surface area contributed by atoms with Crippen LogP contribution >= 0.6 is 0 Å². The van der Waals surface area contributed by atoms with Crippen molar-refractivity contribution in [2.24, 2.45) is 5.41 Å². The first-order chi connectivity index (χ1) is 5.94. The molecule has 1 aliphatic heterocycles. The van der Waals surface area contributed by atoms with Crippen LogP contribution in [-0.2, 0) is 4.79 Å². The molecular formula is C8H16N2O3. The Labute approximate surface area is 77.5 Å². The lowest BCUT2D eigenvalue weighted by atomic mass is 9.89. The summed E-state index contributed by atoms with van der Waals surface area (Å²) in [4.78, 5) is 21.6. The van der Waals surface area contributed by atoms with Crippen LogP contribution in [0.3, 0.4) is 0 Å². The second kappa shape index (κ2) is 4.23. The van der Waals surface area contributed by atoms with E-state index in [4.69, 9.17) is 0 Å². The number of urea groups is 1. The van der Waals surface area contributed by atoms with Gasteiger partial charge in [0, 0.05) is 0 Å². The van der Waals surface area contributed by atoms with Crippen molar-refractivity contribution < 1.29 is 14.7 Å². The van der Waals surface area contributed by atoms with E-state index in [9.17, 15) is 14.7 Å². The van der Waals surface area contributed by atoms with Crippen molar-refractivity contribution in [1.29, 1.82) is 0 Å². The number of carbonyl (C=O) groups excluding carboxylic acids is 2. The number of aliphatic hydroxyl groups is 1. The lowest BCUT2D eigenvalue weighted by Crippen LogP contribution is -2.62. The zero-order chi connectivity index (χ0) is 10.6. The molecule has 0 aliphatic carbocycles. The molecule has 0 bridgehead atoms. The third-order valence-electron chi connectivity index (χ3n) is 1.76. The molecule has 0 radical (unpaired) electrons. The van der Waals surface area contributed by atoms with E-state index in [1.165, 1.54) is 0 Å². The normalized spacial score (nSPS) is 25.2. The Bertz CT molecular complexity index is 213. The van der Waals surface area contributed by atoms with E-state index < -0.39 is 23.6 Å². The van der Waals surface area contributed by atoms with Crippen LogP contribution in [-0.4, -0.2) is 23.3 Å². The van der Waals surface area contributed by atoms with Crippen LogP contribution in [0.4, 0.5) is 4.79 Å². The van der Waals surface area contributed by atoms with Gasteiger partial charge < -0.3 is 10.4 Å². The predicted molar refractivity (Wildman–Crippen MR) is 47.8 cm³/mol. The highest BCUT2D eigenvalue weighted by molar-refractivity contribution is 5.99. The van der Waals surface area contributed by atoms with Gasteiger partial charge in [-0.3, -0.25) is 10.1 Å². The van der Waals surface area contributed by atoms with Gasteiger partial charge in [-0.2, -0.15) is 0 Å². The Morgan fingerprint density at radius 3 is 2.15 bits per heavy atom. The standard InChI is InChI=1S/C6H10N2O3.C2H6/c1-6(2)3(9)7-5(11)8-4(6)10;1-2/h3,9H,1-2H3,(H2,7,8,10,11);1-2H3. The van der Waals surface area contributed by atoms with Gasteiger partial charge in [-0.25, -0.2) is 4.79 Å². The van der Waals surface area contributed by atoms with Crippen molar-refractivity contribution in [2.75, 3.05) is 0 Å². The van der Waals surface area contributed by atoms with Gasteiger partial charge in [0.1, 0.15) is 6.23 Å². The molecule has 0 aromatic heterocycles. The number of nitrogens with one attached hydrogen (secondary N) is 2. The minimum atomic E-state index is -1.11. The molecule has 1 saturated heterocycles. The molecule has 5 heteroatoms. The van der Waals surface area contributed by atoms with Crippen LogP contribution < -0.4 is 10.6 Å². The number of aliphatic hydroxyl groups excluding tert-OH is 1. The van der Waals surface area contributed by atoms with E-state index in [2.05, 4.69) is 10.6 Å². The molecule has 0 spiro atoms. The largest absolute Gasteiger partial charge is 0.373 e. The van der Waals surface area contributed by atoms with Gasteiger partial charge in [0.15, 0.2) is 0 Å². The molecule has 13 heavy (non-hydrogen) atoms. The Balaban J connectivity index is 0.000000671. The van der Waals surface area contributed by atoms with Crippen molar-refractivity contribution in [3.63, 3.8) is 0 Å². The number of carbonyl (C=O) groups is 2. The number of hydrogen-bond donors (Lipinski definition) is 3. The first-order valence-electron chi connectivity index (χ1n) is 4.24. The Morgan fingerprint density at radius 2 is 1.77 bits per heavy atom. The lowest BCUT2D eigenvalue weighted by molar-refractivity contribution is -0.137. The van der Waals surface area contributed by atoms with Crippen LogP contribution in [0.25, 0.3) is 0 Å². The van der Waals surface area contributed by atoms with Crippen LogP contribution in [0.5, 0.6) is 0 Å². The maximum absolute atomic E-state index is 11.0. The first-order valence-corrected chi connectivity index (χ1v) is 4.24. The maximum atomic E-state index is 11.0. The van der Waals surface area contributed by atoms with E-state index in [0.717, 1.165) is 0 Å². The van der Waals surface area contributed by atoms with Crippen molar-refractivity contribution in [1.82, 2.24) is 10.6 Å². The minimum Gasteiger partial charge on any atom is -0.373 e. The number of rotatable bonds is 0. The topological polar surface area (TPSA) is 78.4 Å². The highest BCUT2D eigenvalue weighted by Crippen LogP contribution is 2.21. The SMILES string of the molecule is CC.CC1(C)C(=O)NC(=O)NC1O. The molecule has 3 N–H and O–H groups in total. The van der Waals surface area contributed by atoms with Crippen LogP contribution in [0.1, 0.15) is 27.7 Å². The van der Waals surface area contributed by atoms with Crippen LogP contribution in [0.15, 0.2) is 0 Å².